The lowest BCUT2D eigenvalue weighted by molar-refractivity contribution is -0.144. The minimum Gasteiger partial charge on any atom is -0.468 e. The summed E-state index contributed by atoms with van der Waals surface area (Å²) in [4.78, 5) is 13.0. The van der Waals surface area contributed by atoms with Crippen molar-refractivity contribution in [1.82, 2.24) is 5.32 Å². The lowest BCUT2D eigenvalue weighted by Crippen LogP contribution is -2.42. The van der Waals surface area contributed by atoms with Crippen molar-refractivity contribution >= 4 is 17.3 Å². The average molecular weight is 255 g/mol. The quantitative estimate of drug-likeness (QED) is 0.794. The molecular weight excluding hydrogens is 234 g/mol. The van der Waals surface area contributed by atoms with E-state index < -0.39 is 0 Å². The van der Waals surface area contributed by atoms with Gasteiger partial charge in [0.2, 0.25) is 0 Å². The minimum atomic E-state index is -0.216. The fourth-order valence-corrected chi connectivity index (χ4v) is 2.52. The van der Waals surface area contributed by atoms with Crippen LogP contribution in [0.15, 0.2) is 11.4 Å². The number of carbonyl (C=O) groups excluding carboxylic acids is 1. The number of esters is 1. The third-order valence-electron chi connectivity index (χ3n) is 3.12. The Bertz CT molecular complexity index is 362. The van der Waals surface area contributed by atoms with E-state index in [1.165, 1.54) is 17.6 Å². The first-order chi connectivity index (χ1) is 8.10. The van der Waals surface area contributed by atoms with Crippen molar-refractivity contribution < 1.29 is 9.53 Å². The number of methoxy groups -OCH3 is 1. The second-order valence-corrected chi connectivity index (χ2v) is 5.29. The summed E-state index contributed by atoms with van der Waals surface area (Å²) in [5, 5.41) is 5.37. The number of carbonyl (C=O) groups is 1. The van der Waals surface area contributed by atoms with Gasteiger partial charge in [0.1, 0.15) is 6.04 Å². The molecule has 0 amide bonds. The van der Waals surface area contributed by atoms with Crippen LogP contribution in [0.5, 0.6) is 0 Å². The van der Waals surface area contributed by atoms with Gasteiger partial charge in [-0.3, -0.25) is 10.1 Å². The highest BCUT2D eigenvalue weighted by molar-refractivity contribution is 7.10. The van der Waals surface area contributed by atoms with Gasteiger partial charge in [-0.05, 0) is 29.9 Å². The molecule has 2 unspecified atom stereocenters. The fraction of sp³-hybridized carbons (Fsp3) is 0.615. The molecule has 2 atom stereocenters. The summed E-state index contributed by atoms with van der Waals surface area (Å²) < 4.78 is 4.84. The lowest BCUT2D eigenvalue weighted by atomic mass is 9.99. The number of ether oxygens (including phenoxy) is 1. The summed E-state index contributed by atoms with van der Waals surface area (Å²) in [6.07, 6.45) is 0.955. The molecular formula is C13H21NO2S. The maximum Gasteiger partial charge on any atom is 0.323 e. The van der Waals surface area contributed by atoms with Crippen LogP contribution >= 0.6 is 11.3 Å². The summed E-state index contributed by atoms with van der Waals surface area (Å²) in [6.45, 7) is 6.96. The van der Waals surface area contributed by atoms with E-state index in [4.69, 9.17) is 4.74 Å². The molecule has 4 heteroatoms. The molecule has 0 fully saturated rings. The standard InChI is InChI=1S/C13H21NO2S/c1-5-9(2)12(13(15)16-4)14-8-11-10(3)6-7-17-11/h6-7,9,12,14H,5,8H2,1-4H3. The normalized spacial score (nSPS) is 14.4. The molecule has 1 N–H and O–H groups in total. The monoisotopic (exact) mass is 255 g/mol. The molecule has 0 aliphatic heterocycles. The van der Waals surface area contributed by atoms with Crippen LogP contribution < -0.4 is 5.32 Å². The van der Waals surface area contributed by atoms with Gasteiger partial charge in [-0.2, -0.15) is 0 Å². The van der Waals surface area contributed by atoms with Crippen LogP contribution in [0.3, 0.4) is 0 Å². The zero-order chi connectivity index (χ0) is 12.8. The molecule has 1 heterocycles. The van der Waals surface area contributed by atoms with Crippen molar-refractivity contribution in [2.45, 2.75) is 39.8 Å². The van der Waals surface area contributed by atoms with Crippen LogP contribution in [0.4, 0.5) is 0 Å². The highest BCUT2D eigenvalue weighted by Crippen LogP contribution is 2.16. The molecule has 17 heavy (non-hydrogen) atoms. The molecule has 0 saturated carbocycles. The number of nitrogens with one attached hydrogen (secondary N) is 1. The van der Waals surface area contributed by atoms with Crippen LogP contribution in [0.2, 0.25) is 0 Å². The number of hydrogen-bond acceptors (Lipinski definition) is 4. The van der Waals surface area contributed by atoms with E-state index in [9.17, 15) is 4.79 Å². The molecule has 1 rings (SSSR count). The van der Waals surface area contributed by atoms with Gasteiger partial charge in [-0.15, -0.1) is 11.3 Å². The molecule has 0 radical (unpaired) electrons. The van der Waals surface area contributed by atoms with E-state index in [0.717, 1.165) is 13.0 Å². The molecule has 0 spiro atoms. The Morgan fingerprint density at radius 3 is 2.76 bits per heavy atom. The first-order valence-electron chi connectivity index (χ1n) is 5.94. The van der Waals surface area contributed by atoms with Gasteiger partial charge in [-0.25, -0.2) is 0 Å². The minimum absolute atomic E-state index is 0.173. The Hall–Kier alpha value is -0.870. The first-order valence-corrected chi connectivity index (χ1v) is 6.82. The Labute approximate surface area is 107 Å². The van der Waals surface area contributed by atoms with Gasteiger partial charge in [0.05, 0.1) is 7.11 Å². The Kier molecular flexibility index (Phi) is 5.65. The van der Waals surface area contributed by atoms with Crippen molar-refractivity contribution in [2.75, 3.05) is 7.11 Å². The van der Waals surface area contributed by atoms with Gasteiger partial charge in [0.15, 0.2) is 0 Å². The van der Waals surface area contributed by atoms with Gasteiger partial charge in [0, 0.05) is 11.4 Å². The molecule has 1 aromatic rings. The Morgan fingerprint density at radius 1 is 1.59 bits per heavy atom. The maximum absolute atomic E-state index is 11.7. The van der Waals surface area contributed by atoms with Crippen LogP contribution in [-0.4, -0.2) is 19.1 Å². The van der Waals surface area contributed by atoms with E-state index in [1.807, 2.05) is 0 Å². The summed E-state index contributed by atoms with van der Waals surface area (Å²) >= 11 is 1.72. The van der Waals surface area contributed by atoms with Crippen molar-refractivity contribution in [3.63, 3.8) is 0 Å². The predicted molar refractivity (Wildman–Crippen MR) is 71.2 cm³/mol. The highest BCUT2D eigenvalue weighted by atomic mass is 32.1. The van der Waals surface area contributed by atoms with Gasteiger partial charge in [0.25, 0.3) is 0 Å². The zero-order valence-corrected chi connectivity index (χ0v) is 11.8. The second kappa shape index (κ2) is 6.77. The number of thiophene rings is 1. The van der Waals surface area contributed by atoms with E-state index in [-0.39, 0.29) is 17.9 Å². The van der Waals surface area contributed by atoms with Crippen molar-refractivity contribution in [1.29, 1.82) is 0 Å². The smallest absolute Gasteiger partial charge is 0.323 e. The molecule has 0 aliphatic carbocycles. The van der Waals surface area contributed by atoms with Crippen molar-refractivity contribution in [2.24, 2.45) is 5.92 Å². The summed E-state index contributed by atoms with van der Waals surface area (Å²) in [6, 6.07) is 1.88. The maximum atomic E-state index is 11.7. The molecule has 0 bridgehead atoms. The fourth-order valence-electron chi connectivity index (χ4n) is 1.67. The lowest BCUT2D eigenvalue weighted by Gasteiger charge is -2.21. The van der Waals surface area contributed by atoms with Crippen molar-refractivity contribution in [3.05, 3.63) is 21.9 Å². The summed E-state index contributed by atoms with van der Waals surface area (Å²) in [5.41, 5.74) is 1.27. The largest absolute Gasteiger partial charge is 0.468 e. The molecule has 0 saturated heterocycles. The number of hydrogen-bond donors (Lipinski definition) is 1. The number of aryl methyl sites for hydroxylation is 1. The molecule has 0 aromatic carbocycles. The van der Waals surface area contributed by atoms with Crippen LogP contribution in [-0.2, 0) is 16.1 Å². The summed E-state index contributed by atoms with van der Waals surface area (Å²) in [7, 11) is 1.44. The first kappa shape index (κ1) is 14.2. The third kappa shape index (κ3) is 3.82. The third-order valence-corrected chi connectivity index (χ3v) is 4.14. The topological polar surface area (TPSA) is 38.3 Å². The van der Waals surface area contributed by atoms with Crippen molar-refractivity contribution in [3.8, 4) is 0 Å². The average Bonchev–Trinajstić information content (AvgIpc) is 2.74. The van der Waals surface area contributed by atoms with Crippen LogP contribution in [0.25, 0.3) is 0 Å². The molecule has 3 nitrogen and oxygen atoms in total. The SMILES string of the molecule is CCC(C)C(NCc1sccc1C)C(=O)OC. The van der Waals surface area contributed by atoms with Gasteiger partial charge >= 0.3 is 5.97 Å². The molecule has 0 aliphatic rings. The van der Waals surface area contributed by atoms with Gasteiger partial charge in [-0.1, -0.05) is 20.3 Å². The van der Waals surface area contributed by atoms with Crippen LogP contribution in [0, 0.1) is 12.8 Å². The Morgan fingerprint density at radius 2 is 2.29 bits per heavy atom. The second-order valence-electron chi connectivity index (χ2n) is 4.29. The van der Waals surface area contributed by atoms with E-state index >= 15 is 0 Å². The van der Waals surface area contributed by atoms with E-state index in [1.54, 1.807) is 11.3 Å². The summed E-state index contributed by atoms with van der Waals surface area (Å²) in [5.74, 6) is 0.108. The molecule has 96 valence electrons. The predicted octanol–water partition coefficient (Wildman–Crippen LogP) is 2.73. The van der Waals surface area contributed by atoms with E-state index in [0.29, 0.717) is 0 Å². The van der Waals surface area contributed by atoms with Crippen LogP contribution in [0.1, 0.15) is 30.7 Å². The number of rotatable bonds is 6. The zero-order valence-electron chi connectivity index (χ0n) is 10.9. The highest BCUT2D eigenvalue weighted by Gasteiger charge is 2.24. The van der Waals surface area contributed by atoms with E-state index in [2.05, 4.69) is 37.5 Å². The van der Waals surface area contributed by atoms with Gasteiger partial charge < -0.3 is 4.74 Å². The Balaban J connectivity index is 2.61. The molecule has 1 aromatic heterocycles.